The highest BCUT2D eigenvalue weighted by Gasteiger charge is 2.24. The standard InChI is InChI=1S/C22H23N5O3/c28-19(17-5-2-1-3-6-17)7-10-22(29)26-15-11-18(12-16-26)30-21-9-8-20(24-25-21)27-14-4-13-23-27/h1-6,8-9,13-14,18H,7,10-12,15-16H2. The molecule has 154 valence electrons. The number of piperidine rings is 1. The van der Waals surface area contributed by atoms with Gasteiger partial charge in [-0.15, -0.1) is 10.2 Å². The van der Waals surface area contributed by atoms with E-state index in [2.05, 4.69) is 15.3 Å². The van der Waals surface area contributed by atoms with E-state index >= 15 is 0 Å². The molecule has 1 aromatic carbocycles. The molecule has 1 aliphatic rings. The zero-order valence-electron chi connectivity index (χ0n) is 16.6. The summed E-state index contributed by atoms with van der Waals surface area (Å²) in [5.41, 5.74) is 0.650. The monoisotopic (exact) mass is 405 g/mol. The number of rotatable bonds is 7. The fourth-order valence-corrected chi connectivity index (χ4v) is 3.44. The summed E-state index contributed by atoms with van der Waals surface area (Å²) in [6, 6.07) is 14.5. The minimum absolute atomic E-state index is 0.000646. The summed E-state index contributed by atoms with van der Waals surface area (Å²) < 4.78 is 7.54. The molecule has 3 aromatic rings. The zero-order valence-corrected chi connectivity index (χ0v) is 16.6. The van der Waals surface area contributed by atoms with E-state index in [0.717, 1.165) is 12.8 Å². The smallest absolute Gasteiger partial charge is 0.233 e. The molecule has 1 amide bonds. The Kier molecular flexibility index (Phi) is 6.12. The summed E-state index contributed by atoms with van der Waals surface area (Å²) in [6.07, 6.45) is 5.38. The molecule has 0 aliphatic carbocycles. The topological polar surface area (TPSA) is 90.2 Å². The van der Waals surface area contributed by atoms with Crippen molar-refractivity contribution in [1.29, 1.82) is 0 Å². The minimum Gasteiger partial charge on any atom is -0.473 e. The van der Waals surface area contributed by atoms with Crippen LogP contribution >= 0.6 is 0 Å². The zero-order chi connectivity index (χ0) is 20.8. The number of carbonyl (C=O) groups is 2. The van der Waals surface area contributed by atoms with Crippen molar-refractivity contribution in [3.8, 4) is 11.7 Å². The highest BCUT2D eigenvalue weighted by molar-refractivity contribution is 5.97. The van der Waals surface area contributed by atoms with Gasteiger partial charge in [-0.05, 0) is 12.1 Å². The number of aromatic nitrogens is 4. The third kappa shape index (κ3) is 4.89. The van der Waals surface area contributed by atoms with Crippen LogP contribution in [-0.2, 0) is 4.79 Å². The van der Waals surface area contributed by atoms with Gasteiger partial charge in [0.05, 0.1) is 0 Å². The van der Waals surface area contributed by atoms with Crippen molar-refractivity contribution < 1.29 is 14.3 Å². The Morgan fingerprint density at radius 2 is 1.77 bits per heavy atom. The number of nitrogens with zero attached hydrogens (tertiary/aromatic N) is 5. The summed E-state index contributed by atoms with van der Waals surface area (Å²) in [4.78, 5) is 26.4. The molecule has 3 heterocycles. The largest absolute Gasteiger partial charge is 0.473 e. The summed E-state index contributed by atoms with van der Waals surface area (Å²) in [5.74, 6) is 1.10. The van der Waals surface area contributed by atoms with Crippen LogP contribution in [0.3, 0.4) is 0 Å². The Morgan fingerprint density at radius 1 is 0.967 bits per heavy atom. The minimum atomic E-state index is -0.00939. The second-order valence-corrected chi connectivity index (χ2v) is 7.17. The summed E-state index contributed by atoms with van der Waals surface area (Å²) in [7, 11) is 0. The quantitative estimate of drug-likeness (QED) is 0.562. The van der Waals surface area contributed by atoms with E-state index < -0.39 is 0 Å². The molecule has 0 saturated carbocycles. The fraction of sp³-hybridized carbons (Fsp3) is 0.318. The van der Waals surface area contributed by atoms with Crippen LogP contribution in [0.2, 0.25) is 0 Å². The van der Waals surface area contributed by atoms with Gasteiger partial charge in [0.25, 0.3) is 0 Å². The van der Waals surface area contributed by atoms with Gasteiger partial charge in [-0.2, -0.15) is 5.10 Å². The first-order chi connectivity index (χ1) is 14.7. The molecule has 0 bridgehead atoms. The van der Waals surface area contributed by atoms with Crippen molar-refractivity contribution in [3.05, 3.63) is 66.5 Å². The molecule has 0 spiro atoms. The van der Waals surface area contributed by atoms with E-state index in [0.29, 0.717) is 30.4 Å². The van der Waals surface area contributed by atoms with Gasteiger partial charge in [0.2, 0.25) is 11.8 Å². The van der Waals surface area contributed by atoms with Crippen molar-refractivity contribution in [2.24, 2.45) is 0 Å². The van der Waals surface area contributed by atoms with Crippen molar-refractivity contribution in [2.75, 3.05) is 13.1 Å². The summed E-state index contributed by atoms with van der Waals surface area (Å²) in [6.45, 7) is 1.23. The molecule has 8 heteroatoms. The lowest BCUT2D eigenvalue weighted by molar-refractivity contribution is -0.132. The van der Waals surface area contributed by atoms with Gasteiger partial charge in [0.15, 0.2) is 11.6 Å². The lowest BCUT2D eigenvalue weighted by atomic mass is 10.0. The van der Waals surface area contributed by atoms with E-state index in [4.69, 9.17) is 4.74 Å². The lowest BCUT2D eigenvalue weighted by Crippen LogP contribution is -2.41. The third-order valence-electron chi connectivity index (χ3n) is 5.11. The van der Waals surface area contributed by atoms with E-state index in [1.807, 2.05) is 29.2 Å². The van der Waals surface area contributed by atoms with Crippen LogP contribution in [0.4, 0.5) is 0 Å². The third-order valence-corrected chi connectivity index (χ3v) is 5.11. The van der Waals surface area contributed by atoms with Crippen LogP contribution in [0.25, 0.3) is 5.82 Å². The number of ketones is 1. The van der Waals surface area contributed by atoms with E-state index in [9.17, 15) is 9.59 Å². The van der Waals surface area contributed by atoms with Crippen LogP contribution in [0.5, 0.6) is 5.88 Å². The molecule has 1 aliphatic heterocycles. The van der Waals surface area contributed by atoms with Gasteiger partial charge in [0.1, 0.15) is 6.10 Å². The average Bonchev–Trinajstić information content (AvgIpc) is 3.34. The van der Waals surface area contributed by atoms with Crippen molar-refractivity contribution >= 4 is 11.7 Å². The second-order valence-electron chi connectivity index (χ2n) is 7.17. The SMILES string of the molecule is O=C(CCC(=O)N1CCC(Oc2ccc(-n3cccn3)nn2)CC1)c1ccccc1. The van der Waals surface area contributed by atoms with Crippen molar-refractivity contribution in [1.82, 2.24) is 24.9 Å². The number of hydrogen-bond acceptors (Lipinski definition) is 6. The Morgan fingerprint density at radius 3 is 2.43 bits per heavy atom. The van der Waals surface area contributed by atoms with Gasteiger partial charge < -0.3 is 9.64 Å². The molecule has 1 saturated heterocycles. The average molecular weight is 405 g/mol. The maximum Gasteiger partial charge on any atom is 0.233 e. The molecule has 8 nitrogen and oxygen atoms in total. The van der Waals surface area contributed by atoms with Gasteiger partial charge in [-0.3, -0.25) is 9.59 Å². The Hall–Kier alpha value is -3.55. The molecule has 2 aromatic heterocycles. The number of amides is 1. The Labute approximate surface area is 174 Å². The Bertz CT molecular complexity index is 966. The van der Waals surface area contributed by atoms with Crippen LogP contribution in [0.15, 0.2) is 60.9 Å². The fourth-order valence-electron chi connectivity index (χ4n) is 3.44. The van der Waals surface area contributed by atoms with Crippen LogP contribution in [0.1, 0.15) is 36.0 Å². The first-order valence-electron chi connectivity index (χ1n) is 10.1. The predicted molar refractivity (Wildman–Crippen MR) is 109 cm³/mol. The highest BCUT2D eigenvalue weighted by atomic mass is 16.5. The van der Waals surface area contributed by atoms with Crippen LogP contribution in [-0.4, -0.2) is 55.8 Å². The number of carbonyl (C=O) groups excluding carboxylic acids is 2. The molecule has 0 radical (unpaired) electrons. The highest BCUT2D eigenvalue weighted by Crippen LogP contribution is 2.18. The molecule has 0 N–H and O–H groups in total. The summed E-state index contributed by atoms with van der Waals surface area (Å²) >= 11 is 0. The number of benzene rings is 1. The number of hydrogen-bond donors (Lipinski definition) is 0. The van der Waals surface area contributed by atoms with Crippen LogP contribution in [0, 0.1) is 0 Å². The normalized spacial score (nSPS) is 14.5. The molecular weight excluding hydrogens is 382 g/mol. The summed E-state index contributed by atoms with van der Waals surface area (Å²) in [5, 5.41) is 12.3. The van der Waals surface area contributed by atoms with Crippen molar-refractivity contribution in [3.63, 3.8) is 0 Å². The molecular formula is C22H23N5O3. The number of Topliss-reactive ketones (excluding diaryl/α,β-unsaturated/α-hetero) is 1. The lowest BCUT2D eigenvalue weighted by Gasteiger charge is -2.31. The molecule has 4 rings (SSSR count). The molecule has 30 heavy (non-hydrogen) atoms. The van der Waals surface area contributed by atoms with Gasteiger partial charge in [-0.25, -0.2) is 4.68 Å². The van der Waals surface area contributed by atoms with Gasteiger partial charge in [0, 0.05) is 62.8 Å². The Balaban J connectivity index is 1.22. The van der Waals surface area contributed by atoms with E-state index in [-0.39, 0.29) is 30.6 Å². The second kappa shape index (κ2) is 9.30. The first kappa shape index (κ1) is 19.8. The first-order valence-corrected chi connectivity index (χ1v) is 10.1. The molecule has 0 unspecified atom stereocenters. The predicted octanol–water partition coefficient (Wildman–Crippen LogP) is 2.70. The number of likely N-dealkylation sites (tertiary alicyclic amines) is 1. The number of ether oxygens (including phenoxy) is 1. The van der Waals surface area contributed by atoms with Crippen LogP contribution < -0.4 is 4.74 Å². The maximum absolute atomic E-state index is 12.5. The van der Waals surface area contributed by atoms with Gasteiger partial charge in [-0.1, -0.05) is 30.3 Å². The van der Waals surface area contributed by atoms with Crippen molar-refractivity contribution in [2.45, 2.75) is 31.8 Å². The van der Waals surface area contributed by atoms with E-state index in [1.165, 1.54) is 0 Å². The molecule has 1 fully saturated rings. The maximum atomic E-state index is 12.5. The molecule has 0 atom stereocenters. The van der Waals surface area contributed by atoms with E-state index in [1.54, 1.807) is 41.3 Å². The van der Waals surface area contributed by atoms with Gasteiger partial charge >= 0.3 is 0 Å².